The highest BCUT2D eigenvalue weighted by molar-refractivity contribution is 7.84. The molecule has 0 fully saturated rings. The van der Waals surface area contributed by atoms with E-state index in [2.05, 4.69) is 5.32 Å². The zero-order chi connectivity index (χ0) is 10.6. The Morgan fingerprint density at radius 2 is 2.21 bits per heavy atom. The van der Waals surface area contributed by atoms with Gasteiger partial charge in [0.25, 0.3) is 0 Å². The van der Waals surface area contributed by atoms with Gasteiger partial charge in [0, 0.05) is 40.7 Å². The molecule has 0 radical (unpaired) electrons. The highest BCUT2D eigenvalue weighted by Gasteiger charge is 1.98. The summed E-state index contributed by atoms with van der Waals surface area (Å²) in [5, 5.41) is 2.94. The molecule has 78 valence electrons. The van der Waals surface area contributed by atoms with Gasteiger partial charge in [-0.1, -0.05) is 0 Å². The van der Waals surface area contributed by atoms with E-state index in [1.54, 1.807) is 12.3 Å². The summed E-state index contributed by atoms with van der Waals surface area (Å²) in [4.78, 5) is 0. The molecule has 0 aliphatic rings. The molecule has 1 atom stereocenters. The Hall–Kier alpha value is -1.10. The van der Waals surface area contributed by atoms with E-state index in [1.807, 2.05) is 0 Å². The minimum Gasteiger partial charge on any atom is -0.399 e. The molecule has 0 bridgehead atoms. The fourth-order valence-corrected chi connectivity index (χ4v) is 1.44. The van der Waals surface area contributed by atoms with Crippen LogP contribution in [0.1, 0.15) is 0 Å². The number of benzene rings is 1. The lowest BCUT2D eigenvalue weighted by Crippen LogP contribution is -2.10. The van der Waals surface area contributed by atoms with Gasteiger partial charge in [0.15, 0.2) is 0 Å². The lowest BCUT2D eigenvalue weighted by atomic mass is 10.2. The molecule has 0 spiro atoms. The van der Waals surface area contributed by atoms with Crippen LogP contribution in [0.3, 0.4) is 0 Å². The van der Waals surface area contributed by atoms with Crippen molar-refractivity contribution in [2.24, 2.45) is 0 Å². The van der Waals surface area contributed by atoms with Crippen molar-refractivity contribution in [1.29, 1.82) is 0 Å². The normalized spacial score (nSPS) is 12.4. The molecule has 1 unspecified atom stereocenters. The maximum Gasteiger partial charge on any atom is 0.127 e. The highest BCUT2D eigenvalue weighted by atomic mass is 32.2. The summed E-state index contributed by atoms with van der Waals surface area (Å²) in [6, 6.07) is 4.25. The smallest absolute Gasteiger partial charge is 0.127 e. The quantitative estimate of drug-likeness (QED) is 0.743. The Morgan fingerprint density at radius 3 is 2.79 bits per heavy atom. The number of anilines is 2. The molecule has 1 aromatic carbocycles. The summed E-state index contributed by atoms with van der Waals surface area (Å²) in [6.07, 6.45) is 1.63. The van der Waals surface area contributed by atoms with Crippen LogP contribution in [0.15, 0.2) is 18.2 Å². The van der Waals surface area contributed by atoms with Crippen molar-refractivity contribution in [2.75, 3.05) is 29.6 Å². The monoisotopic (exact) mass is 216 g/mol. The summed E-state index contributed by atoms with van der Waals surface area (Å²) in [5.74, 6) is 0.168. The molecule has 0 heterocycles. The molecule has 14 heavy (non-hydrogen) atoms. The Labute approximate surface area is 85.0 Å². The first-order chi connectivity index (χ1) is 6.58. The average Bonchev–Trinajstić information content (AvgIpc) is 2.01. The van der Waals surface area contributed by atoms with Gasteiger partial charge in [-0.3, -0.25) is 4.21 Å². The van der Waals surface area contributed by atoms with Gasteiger partial charge in [0.05, 0.1) is 0 Å². The topological polar surface area (TPSA) is 55.1 Å². The molecule has 3 N–H and O–H groups in total. The van der Waals surface area contributed by atoms with E-state index in [4.69, 9.17) is 5.73 Å². The second kappa shape index (κ2) is 4.95. The molecule has 1 aromatic rings. The Kier molecular flexibility index (Phi) is 3.88. The van der Waals surface area contributed by atoms with Gasteiger partial charge in [-0.25, -0.2) is 4.39 Å². The van der Waals surface area contributed by atoms with E-state index in [1.165, 1.54) is 12.1 Å². The van der Waals surface area contributed by atoms with Crippen LogP contribution in [0.5, 0.6) is 0 Å². The molecule has 3 nitrogen and oxygen atoms in total. The molecule has 1 rings (SSSR count). The van der Waals surface area contributed by atoms with Crippen LogP contribution in [-0.2, 0) is 10.8 Å². The van der Waals surface area contributed by atoms with Crippen LogP contribution < -0.4 is 11.1 Å². The average molecular weight is 216 g/mol. The molecular formula is C9H13FN2OS. The van der Waals surface area contributed by atoms with Gasteiger partial charge in [0.2, 0.25) is 0 Å². The number of halogens is 1. The van der Waals surface area contributed by atoms with Crippen LogP contribution >= 0.6 is 0 Å². The van der Waals surface area contributed by atoms with E-state index < -0.39 is 10.8 Å². The molecule has 0 amide bonds. The Bertz CT molecular complexity index is 323. The lowest BCUT2D eigenvalue weighted by molar-refractivity contribution is 0.629. The standard InChI is InChI=1S/C9H13FN2OS/c1-14(13)3-2-12-9-5-7(10)4-8(11)6-9/h4-6,12H,2-3,11H2,1H3. The fourth-order valence-electron chi connectivity index (χ4n) is 1.05. The summed E-state index contributed by atoms with van der Waals surface area (Å²) >= 11 is 0. The van der Waals surface area contributed by atoms with Crippen molar-refractivity contribution in [3.8, 4) is 0 Å². The highest BCUT2D eigenvalue weighted by Crippen LogP contribution is 2.14. The number of nitrogens with two attached hydrogens (primary N) is 1. The first-order valence-corrected chi connectivity index (χ1v) is 5.90. The van der Waals surface area contributed by atoms with Crippen LogP contribution in [0.2, 0.25) is 0 Å². The minimum absolute atomic E-state index is 0.370. The predicted octanol–water partition coefficient (Wildman–Crippen LogP) is 1.20. The first-order valence-electron chi connectivity index (χ1n) is 4.18. The number of nitrogens with one attached hydrogen (secondary N) is 1. The van der Waals surface area contributed by atoms with E-state index in [0.29, 0.717) is 23.7 Å². The third-order valence-electron chi connectivity index (χ3n) is 1.64. The van der Waals surface area contributed by atoms with Crippen LogP contribution in [0.4, 0.5) is 15.8 Å². The fraction of sp³-hybridized carbons (Fsp3) is 0.333. The van der Waals surface area contributed by atoms with Crippen molar-refractivity contribution in [2.45, 2.75) is 0 Å². The summed E-state index contributed by atoms with van der Waals surface area (Å²) < 4.78 is 23.6. The molecule has 0 aliphatic heterocycles. The number of rotatable bonds is 4. The Balaban J connectivity index is 2.54. The van der Waals surface area contributed by atoms with E-state index in [-0.39, 0.29) is 5.82 Å². The van der Waals surface area contributed by atoms with E-state index in [0.717, 1.165) is 0 Å². The zero-order valence-electron chi connectivity index (χ0n) is 7.92. The van der Waals surface area contributed by atoms with Crippen molar-refractivity contribution in [3.63, 3.8) is 0 Å². The van der Waals surface area contributed by atoms with Gasteiger partial charge in [0.1, 0.15) is 5.82 Å². The maximum absolute atomic E-state index is 12.8. The van der Waals surface area contributed by atoms with Gasteiger partial charge in [-0.15, -0.1) is 0 Å². The largest absolute Gasteiger partial charge is 0.399 e. The molecule has 0 aromatic heterocycles. The minimum atomic E-state index is -0.837. The Morgan fingerprint density at radius 1 is 1.50 bits per heavy atom. The molecular weight excluding hydrogens is 203 g/mol. The summed E-state index contributed by atoms with van der Waals surface area (Å²) in [7, 11) is -0.837. The first kappa shape index (κ1) is 11.0. The van der Waals surface area contributed by atoms with Crippen LogP contribution in [-0.4, -0.2) is 22.8 Å². The lowest BCUT2D eigenvalue weighted by Gasteiger charge is -2.06. The van der Waals surface area contributed by atoms with Gasteiger partial charge in [-0.05, 0) is 18.2 Å². The van der Waals surface area contributed by atoms with Gasteiger partial charge < -0.3 is 11.1 Å². The van der Waals surface area contributed by atoms with Crippen LogP contribution in [0.25, 0.3) is 0 Å². The van der Waals surface area contributed by atoms with E-state index >= 15 is 0 Å². The third kappa shape index (κ3) is 3.74. The van der Waals surface area contributed by atoms with Gasteiger partial charge >= 0.3 is 0 Å². The number of hydrogen-bond acceptors (Lipinski definition) is 3. The second-order valence-corrected chi connectivity index (χ2v) is 4.53. The molecule has 0 saturated carbocycles. The molecule has 5 heteroatoms. The number of hydrogen-bond donors (Lipinski definition) is 2. The number of nitrogen functional groups attached to an aromatic ring is 1. The molecule has 0 aliphatic carbocycles. The van der Waals surface area contributed by atoms with Crippen molar-refractivity contribution in [1.82, 2.24) is 0 Å². The second-order valence-electron chi connectivity index (χ2n) is 2.98. The summed E-state index contributed by atoms with van der Waals surface area (Å²) in [6.45, 7) is 0.548. The van der Waals surface area contributed by atoms with Crippen molar-refractivity contribution in [3.05, 3.63) is 24.0 Å². The van der Waals surface area contributed by atoms with Crippen molar-refractivity contribution < 1.29 is 8.60 Å². The predicted molar refractivity (Wildman–Crippen MR) is 58.2 cm³/mol. The zero-order valence-corrected chi connectivity index (χ0v) is 8.73. The third-order valence-corrected chi connectivity index (χ3v) is 2.42. The SMILES string of the molecule is CS(=O)CCNc1cc(N)cc(F)c1. The maximum atomic E-state index is 12.8. The summed E-state index contributed by atoms with van der Waals surface area (Å²) in [5.41, 5.74) is 6.45. The molecule has 0 saturated heterocycles. The van der Waals surface area contributed by atoms with Gasteiger partial charge in [-0.2, -0.15) is 0 Å². The van der Waals surface area contributed by atoms with Crippen LogP contribution in [0, 0.1) is 5.82 Å². The van der Waals surface area contributed by atoms with Crippen molar-refractivity contribution >= 4 is 22.2 Å². The van der Waals surface area contributed by atoms with E-state index in [9.17, 15) is 8.60 Å².